The average Bonchev–Trinajstić information content (AvgIpc) is 2.74. The second-order valence-corrected chi connectivity index (χ2v) is 8.23. The molecule has 3 rings (SSSR count). The van der Waals surface area contributed by atoms with Crippen LogP contribution in [-0.4, -0.2) is 51.4 Å². The normalized spacial score (nSPS) is 13.8. The second kappa shape index (κ2) is 15.2. The Bertz CT molecular complexity index is 793. The van der Waals surface area contributed by atoms with E-state index in [1.807, 2.05) is 30.3 Å². The van der Waals surface area contributed by atoms with Crippen LogP contribution >= 0.6 is 52.3 Å². The number of rotatable bonds is 10. The van der Waals surface area contributed by atoms with Crippen LogP contribution in [0.15, 0.2) is 40.9 Å². The molecule has 0 aliphatic carbocycles. The van der Waals surface area contributed by atoms with Crippen molar-refractivity contribution in [1.29, 1.82) is 0 Å². The summed E-state index contributed by atoms with van der Waals surface area (Å²) in [7, 11) is 1.66. The van der Waals surface area contributed by atoms with E-state index in [0.29, 0.717) is 23.1 Å². The van der Waals surface area contributed by atoms with Gasteiger partial charge in [-0.25, -0.2) is 0 Å². The highest BCUT2D eigenvalue weighted by Crippen LogP contribution is 2.37. The Morgan fingerprint density at radius 1 is 1.16 bits per heavy atom. The fraction of sp³-hybridized carbons (Fsp3) is 0.455. The third-order valence-corrected chi connectivity index (χ3v) is 5.84. The number of halogens is 4. The van der Waals surface area contributed by atoms with E-state index in [0.717, 1.165) is 68.0 Å². The molecule has 1 fully saturated rings. The van der Waals surface area contributed by atoms with Crippen LogP contribution in [0.5, 0.6) is 11.5 Å². The number of benzene rings is 2. The molecular weight excluding hydrogens is 527 g/mol. The Kier molecular flexibility index (Phi) is 13.8. The summed E-state index contributed by atoms with van der Waals surface area (Å²) < 4.78 is 17.8. The fourth-order valence-corrected chi connectivity index (χ4v) is 4.06. The summed E-state index contributed by atoms with van der Waals surface area (Å²) in [6, 6.07) is 11.8. The van der Waals surface area contributed by atoms with Crippen LogP contribution in [0.2, 0.25) is 5.02 Å². The lowest BCUT2D eigenvalue weighted by atomic mass is 10.2. The van der Waals surface area contributed by atoms with E-state index in [-0.39, 0.29) is 24.8 Å². The first kappa shape index (κ1) is 28.3. The van der Waals surface area contributed by atoms with Crippen molar-refractivity contribution in [2.24, 2.45) is 0 Å². The molecule has 0 atom stereocenters. The number of nitrogens with zero attached hydrogens (tertiary/aromatic N) is 1. The van der Waals surface area contributed by atoms with Crippen molar-refractivity contribution in [2.75, 3.05) is 46.5 Å². The number of ether oxygens (including phenoxy) is 3. The highest BCUT2D eigenvalue weighted by atomic mass is 79.9. The van der Waals surface area contributed by atoms with Gasteiger partial charge in [-0.3, -0.25) is 4.90 Å². The van der Waals surface area contributed by atoms with Gasteiger partial charge in [-0.05, 0) is 59.2 Å². The second-order valence-electron chi connectivity index (χ2n) is 6.97. The highest BCUT2D eigenvalue weighted by molar-refractivity contribution is 9.10. The van der Waals surface area contributed by atoms with Crippen molar-refractivity contribution in [2.45, 2.75) is 19.6 Å². The van der Waals surface area contributed by atoms with Gasteiger partial charge in [-0.2, -0.15) is 0 Å². The minimum Gasteiger partial charge on any atom is -0.493 e. The van der Waals surface area contributed by atoms with Gasteiger partial charge in [0.15, 0.2) is 11.5 Å². The molecule has 1 saturated heterocycles. The molecule has 0 saturated carbocycles. The van der Waals surface area contributed by atoms with Crippen LogP contribution in [-0.2, 0) is 17.9 Å². The van der Waals surface area contributed by atoms with Crippen LogP contribution in [0.3, 0.4) is 0 Å². The van der Waals surface area contributed by atoms with E-state index in [1.54, 1.807) is 7.11 Å². The highest BCUT2D eigenvalue weighted by Gasteiger charge is 2.13. The molecule has 0 aromatic heterocycles. The van der Waals surface area contributed by atoms with Crippen molar-refractivity contribution in [3.8, 4) is 11.5 Å². The van der Waals surface area contributed by atoms with Crippen LogP contribution < -0.4 is 14.8 Å². The smallest absolute Gasteiger partial charge is 0.175 e. The Hall–Kier alpha value is -0.730. The minimum absolute atomic E-state index is 0. The van der Waals surface area contributed by atoms with E-state index in [9.17, 15) is 0 Å². The van der Waals surface area contributed by atoms with Crippen molar-refractivity contribution in [3.63, 3.8) is 0 Å². The number of morpholine rings is 1. The molecule has 0 amide bonds. The van der Waals surface area contributed by atoms with Gasteiger partial charge in [0, 0.05) is 30.2 Å². The van der Waals surface area contributed by atoms with Crippen LogP contribution in [0, 0.1) is 0 Å². The minimum atomic E-state index is 0. The van der Waals surface area contributed by atoms with Crippen molar-refractivity contribution >= 4 is 52.3 Å². The Labute approximate surface area is 210 Å². The van der Waals surface area contributed by atoms with Gasteiger partial charge in [0.2, 0.25) is 0 Å². The van der Waals surface area contributed by atoms with E-state index < -0.39 is 0 Å². The first-order chi connectivity index (χ1) is 14.2. The van der Waals surface area contributed by atoms with Gasteiger partial charge in [-0.15, -0.1) is 24.8 Å². The summed E-state index contributed by atoms with van der Waals surface area (Å²) in [5.41, 5.74) is 2.08. The molecule has 2 aromatic rings. The molecule has 1 aliphatic heterocycles. The van der Waals surface area contributed by atoms with Crippen LogP contribution in [0.1, 0.15) is 17.5 Å². The lowest BCUT2D eigenvalue weighted by molar-refractivity contribution is 0.0374. The molecule has 0 spiro atoms. The molecule has 0 bridgehead atoms. The molecule has 31 heavy (non-hydrogen) atoms. The molecule has 1 heterocycles. The van der Waals surface area contributed by atoms with Gasteiger partial charge in [0.25, 0.3) is 0 Å². The summed E-state index contributed by atoms with van der Waals surface area (Å²) in [6.45, 7) is 7.04. The first-order valence-corrected chi connectivity index (χ1v) is 11.1. The molecular formula is C22H30BrCl3N2O3. The van der Waals surface area contributed by atoms with Crippen LogP contribution in [0.25, 0.3) is 0 Å². The van der Waals surface area contributed by atoms with Gasteiger partial charge in [-0.1, -0.05) is 29.8 Å². The van der Waals surface area contributed by atoms with E-state index >= 15 is 0 Å². The molecule has 1 N–H and O–H groups in total. The van der Waals surface area contributed by atoms with Gasteiger partial charge in [0.1, 0.15) is 6.61 Å². The summed E-state index contributed by atoms with van der Waals surface area (Å²) in [6.07, 6.45) is 1.12. The van der Waals surface area contributed by atoms with Crippen molar-refractivity contribution in [3.05, 3.63) is 57.0 Å². The monoisotopic (exact) mass is 554 g/mol. The molecule has 9 heteroatoms. The number of nitrogens with one attached hydrogen (secondary N) is 1. The van der Waals surface area contributed by atoms with Crippen molar-refractivity contribution < 1.29 is 14.2 Å². The maximum absolute atomic E-state index is 6.22. The van der Waals surface area contributed by atoms with Gasteiger partial charge >= 0.3 is 0 Å². The lowest BCUT2D eigenvalue weighted by Gasteiger charge is -2.26. The molecule has 1 aliphatic rings. The number of methoxy groups -OCH3 is 1. The first-order valence-electron chi connectivity index (χ1n) is 9.91. The average molecular weight is 557 g/mol. The van der Waals surface area contributed by atoms with E-state index in [2.05, 4.69) is 32.2 Å². The molecule has 174 valence electrons. The summed E-state index contributed by atoms with van der Waals surface area (Å²) >= 11 is 9.84. The van der Waals surface area contributed by atoms with Gasteiger partial charge < -0.3 is 19.5 Å². The summed E-state index contributed by atoms with van der Waals surface area (Å²) in [4.78, 5) is 2.45. The SMILES string of the molecule is COc1cc(CNCCCN2CCOCC2)cc(Br)c1OCc1ccccc1Cl.Cl.Cl. The Morgan fingerprint density at radius 3 is 2.61 bits per heavy atom. The zero-order chi connectivity index (χ0) is 20.5. The third-order valence-electron chi connectivity index (χ3n) is 4.88. The van der Waals surface area contributed by atoms with Gasteiger partial charge in [0.05, 0.1) is 24.8 Å². The molecule has 5 nitrogen and oxygen atoms in total. The standard InChI is InChI=1S/C22H28BrClN2O3.2ClH/c1-27-21-14-17(15-25-7-4-8-26-9-11-28-12-10-26)13-19(23)22(21)29-16-18-5-2-3-6-20(18)24;;/h2-3,5-6,13-14,25H,4,7-12,15-16H2,1H3;2*1H. The molecule has 0 unspecified atom stereocenters. The fourth-order valence-electron chi connectivity index (χ4n) is 3.27. The Balaban J connectivity index is 0.00000240. The van der Waals surface area contributed by atoms with E-state index in [1.165, 1.54) is 0 Å². The third kappa shape index (κ3) is 8.97. The number of hydrogen-bond acceptors (Lipinski definition) is 5. The predicted molar refractivity (Wildman–Crippen MR) is 135 cm³/mol. The molecule has 0 radical (unpaired) electrons. The quantitative estimate of drug-likeness (QED) is 0.400. The zero-order valence-electron chi connectivity index (χ0n) is 17.6. The largest absolute Gasteiger partial charge is 0.493 e. The summed E-state index contributed by atoms with van der Waals surface area (Å²) in [5.74, 6) is 1.39. The van der Waals surface area contributed by atoms with Crippen molar-refractivity contribution in [1.82, 2.24) is 10.2 Å². The number of hydrogen-bond donors (Lipinski definition) is 1. The topological polar surface area (TPSA) is 43.0 Å². The maximum Gasteiger partial charge on any atom is 0.175 e. The molecule has 2 aromatic carbocycles. The maximum atomic E-state index is 6.22. The summed E-state index contributed by atoms with van der Waals surface area (Å²) in [5, 5.41) is 4.21. The predicted octanol–water partition coefficient (Wildman–Crippen LogP) is 5.35. The lowest BCUT2D eigenvalue weighted by Crippen LogP contribution is -2.37. The van der Waals surface area contributed by atoms with Crippen LogP contribution in [0.4, 0.5) is 0 Å². The zero-order valence-corrected chi connectivity index (χ0v) is 21.5. The Morgan fingerprint density at radius 2 is 1.90 bits per heavy atom. The van der Waals surface area contributed by atoms with E-state index in [4.69, 9.17) is 25.8 Å².